The molecule has 0 fully saturated rings. The third kappa shape index (κ3) is 2.56. The first kappa shape index (κ1) is 12.7. The number of nitrogens with two attached hydrogens (primary N) is 1. The number of nitrogen functional groups attached to an aromatic ring is 1. The fourth-order valence-electron chi connectivity index (χ4n) is 1.79. The molecule has 0 saturated heterocycles. The second-order valence-corrected chi connectivity index (χ2v) is 4.85. The van der Waals surface area contributed by atoms with Gasteiger partial charge in [0.2, 0.25) is 0 Å². The molecule has 4 nitrogen and oxygen atoms in total. The Hall–Kier alpha value is -1.75. The molecule has 2 N–H and O–H groups in total. The summed E-state index contributed by atoms with van der Waals surface area (Å²) in [6.45, 7) is 4.94. The first-order valence-corrected chi connectivity index (χ1v) is 6.66. The molecule has 0 aliphatic heterocycles. The summed E-state index contributed by atoms with van der Waals surface area (Å²) in [5.74, 6) is 0.782. The number of hydrogen-bond acceptors (Lipinski definition) is 4. The summed E-state index contributed by atoms with van der Waals surface area (Å²) in [7, 11) is 0. The standard InChI is InChI=1S/C13H16N2O2S/c1-3-17-12-5-4-11(14)6-10(12)7-15-9(2)8-18-13(15)16/h4-6,8H,3,7,14H2,1-2H3. The molecule has 0 spiro atoms. The third-order valence-corrected chi connectivity index (χ3v) is 3.57. The number of benzene rings is 1. The molecule has 0 radical (unpaired) electrons. The predicted octanol–water partition coefficient (Wildman–Crippen LogP) is 2.25. The van der Waals surface area contributed by atoms with Crippen LogP contribution in [0.3, 0.4) is 0 Å². The summed E-state index contributed by atoms with van der Waals surface area (Å²) in [6.07, 6.45) is 0. The van der Waals surface area contributed by atoms with E-state index in [4.69, 9.17) is 10.5 Å². The van der Waals surface area contributed by atoms with Crippen LogP contribution < -0.4 is 15.3 Å². The van der Waals surface area contributed by atoms with E-state index < -0.39 is 0 Å². The Labute approximate surface area is 110 Å². The van der Waals surface area contributed by atoms with Crippen molar-refractivity contribution >= 4 is 17.0 Å². The van der Waals surface area contributed by atoms with Crippen molar-refractivity contribution in [1.82, 2.24) is 4.57 Å². The van der Waals surface area contributed by atoms with E-state index in [1.807, 2.05) is 31.4 Å². The lowest BCUT2D eigenvalue weighted by molar-refractivity contribution is 0.335. The number of aryl methyl sites for hydroxylation is 1. The summed E-state index contributed by atoms with van der Waals surface area (Å²) < 4.78 is 7.28. The maximum Gasteiger partial charge on any atom is 0.307 e. The maximum absolute atomic E-state index is 11.7. The minimum Gasteiger partial charge on any atom is -0.494 e. The van der Waals surface area contributed by atoms with Crippen molar-refractivity contribution in [1.29, 1.82) is 0 Å². The molecular formula is C13H16N2O2S. The monoisotopic (exact) mass is 264 g/mol. The van der Waals surface area contributed by atoms with Gasteiger partial charge in [-0.2, -0.15) is 0 Å². The number of ether oxygens (including phenoxy) is 1. The average Bonchev–Trinajstić information content (AvgIpc) is 2.64. The van der Waals surface area contributed by atoms with E-state index in [-0.39, 0.29) is 4.87 Å². The van der Waals surface area contributed by atoms with Gasteiger partial charge in [-0.05, 0) is 32.0 Å². The highest BCUT2D eigenvalue weighted by molar-refractivity contribution is 7.07. The van der Waals surface area contributed by atoms with E-state index in [1.54, 1.807) is 10.6 Å². The lowest BCUT2D eigenvalue weighted by Crippen LogP contribution is -2.16. The lowest BCUT2D eigenvalue weighted by Gasteiger charge is -2.12. The van der Waals surface area contributed by atoms with Crippen molar-refractivity contribution in [3.05, 3.63) is 44.5 Å². The van der Waals surface area contributed by atoms with Gasteiger partial charge in [0.25, 0.3) is 0 Å². The molecule has 0 aliphatic carbocycles. The van der Waals surface area contributed by atoms with Gasteiger partial charge in [0.1, 0.15) is 5.75 Å². The Balaban J connectivity index is 2.39. The van der Waals surface area contributed by atoms with Crippen LogP contribution in [0.4, 0.5) is 5.69 Å². The molecular weight excluding hydrogens is 248 g/mol. The fourth-order valence-corrected chi connectivity index (χ4v) is 2.52. The van der Waals surface area contributed by atoms with Crippen LogP contribution in [-0.2, 0) is 6.54 Å². The molecule has 0 amide bonds. The number of thiazole rings is 1. The normalized spacial score (nSPS) is 10.6. The van der Waals surface area contributed by atoms with Crippen LogP contribution in [0, 0.1) is 6.92 Å². The van der Waals surface area contributed by atoms with Gasteiger partial charge in [-0.1, -0.05) is 11.3 Å². The SMILES string of the molecule is CCOc1ccc(N)cc1Cn1c(C)csc1=O. The van der Waals surface area contributed by atoms with Crippen molar-refractivity contribution < 1.29 is 4.74 Å². The predicted molar refractivity (Wildman–Crippen MR) is 74.4 cm³/mol. The van der Waals surface area contributed by atoms with Gasteiger partial charge in [0.05, 0.1) is 13.2 Å². The molecule has 1 heterocycles. The summed E-state index contributed by atoms with van der Waals surface area (Å²) >= 11 is 1.21. The van der Waals surface area contributed by atoms with Gasteiger partial charge in [0.15, 0.2) is 0 Å². The van der Waals surface area contributed by atoms with Crippen LogP contribution in [0.2, 0.25) is 0 Å². The summed E-state index contributed by atoms with van der Waals surface area (Å²) in [5.41, 5.74) is 8.35. The molecule has 5 heteroatoms. The first-order valence-electron chi connectivity index (χ1n) is 5.78. The molecule has 1 aromatic heterocycles. The Morgan fingerprint density at radius 3 is 2.83 bits per heavy atom. The van der Waals surface area contributed by atoms with E-state index in [1.165, 1.54) is 11.3 Å². The van der Waals surface area contributed by atoms with Crippen LogP contribution >= 0.6 is 11.3 Å². The number of anilines is 1. The largest absolute Gasteiger partial charge is 0.494 e. The molecule has 0 saturated carbocycles. The maximum atomic E-state index is 11.7. The molecule has 0 unspecified atom stereocenters. The number of rotatable bonds is 4. The zero-order chi connectivity index (χ0) is 13.1. The highest BCUT2D eigenvalue weighted by Gasteiger charge is 2.08. The van der Waals surface area contributed by atoms with E-state index >= 15 is 0 Å². The van der Waals surface area contributed by atoms with Crippen molar-refractivity contribution in [2.75, 3.05) is 12.3 Å². The van der Waals surface area contributed by atoms with Gasteiger partial charge in [0, 0.05) is 22.3 Å². The zero-order valence-corrected chi connectivity index (χ0v) is 11.3. The van der Waals surface area contributed by atoms with Crippen LogP contribution in [0.25, 0.3) is 0 Å². The van der Waals surface area contributed by atoms with Crippen LogP contribution in [0.15, 0.2) is 28.4 Å². The van der Waals surface area contributed by atoms with Gasteiger partial charge in [-0.15, -0.1) is 0 Å². The van der Waals surface area contributed by atoms with Gasteiger partial charge in [-0.25, -0.2) is 0 Å². The van der Waals surface area contributed by atoms with Crippen LogP contribution in [0.5, 0.6) is 5.75 Å². The Bertz CT molecular complexity index is 601. The Morgan fingerprint density at radius 1 is 1.44 bits per heavy atom. The summed E-state index contributed by atoms with van der Waals surface area (Å²) in [6, 6.07) is 5.51. The molecule has 0 bridgehead atoms. The summed E-state index contributed by atoms with van der Waals surface area (Å²) in [5, 5.41) is 1.86. The molecule has 2 aromatic rings. The van der Waals surface area contributed by atoms with Crippen molar-refractivity contribution in [3.8, 4) is 5.75 Å². The fraction of sp³-hybridized carbons (Fsp3) is 0.308. The highest BCUT2D eigenvalue weighted by Crippen LogP contribution is 2.22. The number of hydrogen-bond donors (Lipinski definition) is 1. The van der Waals surface area contributed by atoms with Gasteiger partial charge < -0.3 is 10.5 Å². The minimum absolute atomic E-state index is 0.0392. The van der Waals surface area contributed by atoms with E-state index in [9.17, 15) is 4.79 Å². The first-order chi connectivity index (χ1) is 8.61. The quantitative estimate of drug-likeness (QED) is 0.862. The molecule has 1 aromatic carbocycles. The third-order valence-electron chi connectivity index (χ3n) is 2.69. The van der Waals surface area contributed by atoms with Crippen molar-refractivity contribution in [2.24, 2.45) is 0 Å². The topological polar surface area (TPSA) is 57.2 Å². The zero-order valence-electron chi connectivity index (χ0n) is 10.5. The second kappa shape index (κ2) is 5.27. The summed E-state index contributed by atoms with van der Waals surface area (Å²) in [4.78, 5) is 11.7. The average molecular weight is 264 g/mol. The van der Waals surface area contributed by atoms with Crippen LogP contribution in [0.1, 0.15) is 18.2 Å². The lowest BCUT2D eigenvalue weighted by atomic mass is 10.1. The van der Waals surface area contributed by atoms with E-state index in [2.05, 4.69) is 0 Å². The van der Waals surface area contributed by atoms with Gasteiger partial charge >= 0.3 is 4.87 Å². The van der Waals surface area contributed by atoms with Gasteiger partial charge in [-0.3, -0.25) is 9.36 Å². The Morgan fingerprint density at radius 2 is 2.22 bits per heavy atom. The molecule has 18 heavy (non-hydrogen) atoms. The Kier molecular flexibility index (Phi) is 3.72. The number of nitrogens with zero attached hydrogens (tertiary/aromatic N) is 1. The number of aromatic nitrogens is 1. The van der Waals surface area contributed by atoms with E-state index in [0.717, 1.165) is 17.0 Å². The van der Waals surface area contributed by atoms with Crippen molar-refractivity contribution in [2.45, 2.75) is 20.4 Å². The highest BCUT2D eigenvalue weighted by atomic mass is 32.1. The minimum atomic E-state index is 0.0392. The molecule has 0 atom stereocenters. The smallest absolute Gasteiger partial charge is 0.307 e. The molecule has 0 aliphatic rings. The van der Waals surface area contributed by atoms with Crippen molar-refractivity contribution in [3.63, 3.8) is 0 Å². The van der Waals surface area contributed by atoms with E-state index in [0.29, 0.717) is 18.8 Å². The molecule has 2 rings (SSSR count). The van der Waals surface area contributed by atoms with Crippen LogP contribution in [-0.4, -0.2) is 11.2 Å². The molecule has 96 valence electrons. The second-order valence-electron chi connectivity index (χ2n) is 4.03.